The van der Waals surface area contributed by atoms with Gasteiger partial charge in [0.2, 0.25) is 11.8 Å². The molecule has 29 heavy (non-hydrogen) atoms. The minimum absolute atomic E-state index is 0.0694. The first kappa shape index (κ1) is 22.3. The summed E-state index contributed by atoms with van der Waals surface area (Å²) in [4.78, 5) is 26.6. The number of aryl methyl sites for hydroxylation is 1. The summed E-state index contributed by atoms with van der Waals surface area (Å²) in [6.45, 7) is 4.58. The van der Waals surface area contributed by atoms with Gasteiger partial charge >= 0.3 is 0 Å². The molecule has 0 radical (unpaired) electrons. The number of hydrogen-bond donors (Lipinski definition) is 1. The minimum Gasteiger partial charge on any atom is -0.497 e. The van der Waals surface area contributed by atoms with Crippen LogP contribution >= 0.6 is 0 Å². The molecule has 0 aliphatic carbocycles. The molecule has 0 heterocycles. The van der Waals surface area contributed by atoms with Gasteiger partial charge in [-0.15, -0.1) is 0 Å². The maximum absolute atomic E-state index is 12.8. The van der Waals surface area contributed by atoms with E-state index in [9.17, 15) is 9.59 Å². The fourth-order valence-electron chi connectivity index (χ4n) is 2.91. The molecule has 156 valence electrons. The second-order valence-electron chi connectivity index (χ2n) is 6.93. The van der Waals surface area contributed by atoms with Crippen molar-refractivity contribution < 1.29 is 19.1 Å². The molecule has 0 fully saturated rings. The van der Waals surface area contributed by atoms with E-state index < -0.39 is 6.04 Å². The fourth-order valence-corrected chi connectivity index (χ4v) is 2.91. The van der Waals surface area contributed by atoms with Crippen molar-refractivity contribution in [3.63, 3.8) is 0 Å². The lowest BCUT2D eigenvalue weighted by atomic mass is 10.1. The lowest BCUT2D eigenvalue weighted by Crippen LogP contribution is -2.46. The Labute approximate surface area is 172 Å². The quantitative estimate of drug-likeness (QED) is 0.624. The highest BCUT2D eigenvalue weighted by Gasteiger charge is 2.25. The van der Waals surface area contributed by atoms with E-state index in [1.165, 1.54) is 0 Å². The molecular formula is C23H30N2O4. The average molecular weight is 399 g/mol. The number of nitrogens with one attached hydrogen (secondary N) is 1. The van der Waals surface area contributed by atoms with Gasteiger partial charge < -0.3 is 19.7 Å². The predicted molar refractivity (Wildman–Crippen MR) is 113 cm³/mol. The third kappa shape index (κ3) is 6.82. The number of hydrogen-bond acceptors (Lipinski definition) is 4. The number of carbonyl (C=O) groups excluding carboxylic acids is 2. The van der Waals surface area contributed by atoms with E-state index in [1.54, 1.807) is 26.0 Å². The van der Waals surface area contributed by atoms with E-state index in [4.69, 9.17) is 9.47 Å². The predicted octanol–water partition coefficient (Wildman–Crippen LogP) is 3.33. The Balaban J connectivity index is 1.93. The van der Waals surface area contributed by atoms with Gasteiger partial charge in [-0.3, -0.25) is 9.59 Å². The molecule has 1 N–H and O–H groups in total. The van der Waals surface area contributed by atoms with Crippen molar-refractivity contribution >= 4 is 11.8 Å². The Morgan fingerprint density at radius 1 is 1.03 bits per heavy atom. The molecular weight excluding hydrogens is 368 g/mol. The largest absolute Gasteiger partial charge is 0.497 e. The molecule has 2 aromatic rings. The van der Waals surface area contributed by atoms with Crippen LogP contribution in [-0.4, -0.2) is 43.5 Å². The second kappa shape index (κ2) is 11.1. The summed E-state index contributed by atoms with van der Waals surface area (Å²) in [6.07, 6.45) is 0.874. The molecule has 1 atom stereocenters. The molecule has 0 saturated carbocycles. The van der Waals surface area contributed by atoms with Crippen molar-refractivity contribution in [2.24, 2.45) is 0 Å². The van der Waals surface area contributed by atoms with Crippen LogP contribution in [0.25, 0.3) is 0 Å². The van der Waals surface area contributed by atoms with Crippen LogP contribution in [0.4, 0.5) is 0 Å². The summed E-state index contributed by atoms with van der Waals surface area (Å²) >= 11 is 0. The summed E-state index contributed by atoms with van der Waals surface area (Å²) in [6, 6.07) is 14.8. The Morgan fingerprint density at radius 3 is 2.24 bits per heavy atom. The fraction of sp³-hybridized carbons (Fsp3) is 0.391. The van der Waals surface area contributed by atoms with Crippen LogP contribution in [0.3, 0.4) is 0 Å². The highest BCUT2D eigenvalue weighted by molar-refractivity contribution is 5.87. The number of methoxy groups -OCH3 is 1. The number of benzene rings is 2. The Morgan fingerprint density at radius 2 is 1.66 bits per heavy atom. The maximum Gasteiger partial charge on any atom is 0.242 e. The van der Waals surface area contributed by atoms with Crippen molar-refractivity contribution in [1.82, 2.24) is 10.2 Å². The molecule has 0 aliphatic rings. The Kier molecular flexibility index (Phi) is 8.52. The Bertz CT molecular complexity index is 788. The van der Waals surface area contributed by atoms with Gasteiger partial charge in [-0.25, -0.2) is 0 Å². The first-order valence-electron chi connectivity index (χ1n) is 9.78. The molecule has 6 nitrogen and oxygen atoms in total. The van der Waals surface area contributed by atoms with Crippen LogP contribution in [0.2, 0.25) is 0 Å². The molecule has 2 rings (SSSR count). The number of amides is 2. The van der Waals surface area contributed by atoms with Crippen LogP contribution in [0.1, 0.15) is 30.9 Å². The third-order valence-electron chi connectivity index (χ3n) is 4.75. The third-order valence-corrected chi connectivity index (χ3v) is 4.75. The normalized spacial score (nSPS) is 11.4. The lowest BCUT2D eigenvalue weighted by molar-refractivity contribution is -0.140. The standard InChI is InChI=1S/C23H30N2O4/c1-17-7-9-19(10-8-17)16-25(18(2)23(27)24-3)22(26)6-5-15-29-21-13-11-20(28-4)12-14-21/h7-14,18H,5-6,15-16H2,1-4H3,(H,24,27)/t18-/m0/s1. The van der Waals surface area contributed by atoms with Crippen LogP contribution in [0.5, 0.6) is 11.5 Å². The number of ether oxygens (including phenoxy) is 2. The molecule has 0 saturated heterocycles. The first-order chi connectivity index (χ1) is 13.9. The topological polar surface area (TPSA) is 67.9 Å². The molecule has 0 unspecified atom stereocenters. The zero-order chi connectivity index (χ0) is 21.2. The van der Waals surface area contributed by atoms with Crippen molar-refractivity contribution in [1.29, 1.82) is 0 Å². The summed E-state index contributed by atoms with van der Waals surface area (Å²) in [7, 11) is 3.19. The highest BCUT2D eigenvalue weighted by Crippen LogP contribution is 2.18. The van der Waals surface area contributed by atoms with E-state index >= 15 is 0 Å². The first-order valence-corrected chi connectivity index (χ1v) is 9.78. The summed E-state index contributed by atoms with van der Waals surface area (Å²) in [5.74, 6) is 1.25. The van der Waals surface area contributed by atoms with E-state index in [1.807, 2.05) is 55.5 Å². The lowest BCUT2D eigenvalue weighted by Gasteiger charge is -2.28. The number of likely N-dealkylation sites (N-methyl/N-ethyl adjacent to an activating group) is 1. The van der Waals surface area contributed by atoms with Gasteiger partial charge in [-0.1, -0.05) is 29.8 Å². The highest BCUT2D eigenvalue weighted by atomic mass is 16.5. The molecule has 2 aromatic carbocycles. The number of nitrogens with zero attached hydrogens (tertiary/aromatic N) is 1. The molecule has 0 bridgehead atoms. The Hall–Kier alpha value is -3.02. The monoisotopic (exact) mass is 398 g/mol. The zero-order valence-corrected chi connectivity index (χ0v) is 17.6. The average Bonchev–Trinajstić information content (AvgIpc) is 2.75. The van der Waals surface area contributed by atoms with Crippen LogP contribution in [-0.2, 0) is 16.1 Å². The van der Waals surface area contributed by atoms with Gasteiger partial charge in [0.1, 0.15) is 17.5 Å². The zero-order valence-electron chi connectivity index (χ0n) is 17.6. The minimum atomic E-state index is -0.545. The number of carbonyl (C=O) groups is 2. The SMILES string of the molecule is CNC(=O)[C@H](C)N(Cc1ccc(C)cc1)C(=O)CCCOc1ccc(OC)cc1. The summed E-state index contributed by atoms with van der Waals surface area (Å²) in [5.41, 5.74) is 2.15. The molecule has 2 amide bonds. The van der Waals surface area contributed by atoms with Crippen molar-refractivity contribution in [2.45, 2.75) is 39.3 Å². The molecule has 6 heteroatoms. The molecule has 0 aliphatic heterocycles. The van der Waals surface area contributed by atoms with Crippen LogP contribution in [0.15, 0.2) is 48.5 Å². The van der Waals surface area contributed by atoms with Gasteiger partial charge in [0.15, 0.2) is 0 Å². The van der Waals surface area contributed by atoms with E-state index in [0.29, 0.717) is 26.0 Å². The van der Waals surface area contributed by atoms with Crippen molar-refractivity contribution in [2.75, 3.05) is 20.8 Å². The smallest absolute Gasteiger partial charge is 0.242 e. The van der Waals surface area contributed by atoms with Crippen molar-refractivity contribution in [3.05, 3.63) is 59.7 Å². The van der Waals surface area contributed by atoms with Crippen LogP contribution in [0, 0.1) is 6.92 Å². The van der Waals surface area contributed by atoms with Crippen molar-refractivity contribution in [3.8, 4) is 11.5 Å². The van der Waals surface area contributed by atoms with Gasteiger partial charge in [-0.05, 0) is 50.1 Å². The van der Waals surface area contributed by atoms with Crippen LogP contribution < -0.4 is 14.8 Å². The van der Waals surface area contributed by atoms with E-state index in [0.717, 1.165) is 22.6 Å². The summed E-state index contributed by atoms with van der Waals surface area (Å²) < 4.78 is 10.8. The summed E-state index contributed by atoms with van der Waals surface area (Å²) in [5, 5.41) is 2.63. The van der Waals surface area contributed by atoms with E-state index in [2.05, 4.69) is 5.32 Å². The number of rotatable bonds is 10. The van der Waals surface area contributed by atoms with Gasteiger partial charge in [-0.2, -0.15) is 0 Å². The molecule has 0 aromatic heterocycles. The van der Waals surface area contributed by atoms with Gasteiger partial charge in [0.25, 0.3) is 0 Å². The van der Waals surface area contributed by atoms with Gasteiger partial charge in [0.05, 0.1) is 13.7 Å². The van der Waals surface area contributed by atoms with E-state index in [-0.39, 0.29) is 11.8 Å². The maximum atomic E-state index is 12.8. The van der Waals surface area contributed by atoms with Gasteiger partial charge in [0, 0.05) is 20.0 Å². The molecule has 0 spiro atoms. The second-order valence-corrected chi connectivity index (χ2v) is 6.93.